The average molecular weight is 312 g/mol. The minimum absolute atomic E-state index is 0. The van der Waals surface area contributed by atoms with Crippen LogP contribution in [0.5, 0.6) is 5.75 Å². The smallest absolute Gasteiger partial charge is 0.492 e. The van der Waals surface area contributed by atoms with E-state index in [1.807, 2.05) is 0 Å². The molecular weight excluding hydrogens is 302 g/mol. The van der Waals surface area contributed by atoms with Gasteiger partial charge in [0.25, 0.3) is 0 Å². The normalized spacial score (nSPS) is 11.1. The van der Waals surface area contributed by atoms with Crippen LogP contribution < -0.4 is 61.6 Å². The Kier molecular flexibility index (Phi) is 6.27. The standard InChI is InChI=1S/C11H10BF4N2O.K/c1-18-6-8(5-17-18)7-19-11-4-9(13)2-3-10(11)12(14,15)16;/h2-6H,7H2,1H3;/q-1;+1. The Morgan fingerprint density at radius 1 is 1.30 bits per heavy atom. The summed E-state index contributed by atoms with van der Waals surface area (Å²) in [6.45, 7) is -5.34. The van der Waals surface area contributed by atoms with E-state index in [0.29, 0.717) is 11.6 Å². The number of benzene rings is 1. The van der Waals surface area contributed by atoms with Gasteiger partial charge < -0.3 is 17.7 Å². The van der Waals surface area contributed by atoms with Crippen LogP contribution in [-0.4, -0.2) is 16.8 Å². The first-order chi connectivity index (χ1) is 8.86. The Hall–Kier alpha value is -0.349. The van der Waals surface area contributed by atoms with Gasteiger partial charge in [0.05, 0.1) is 11.9 Å². The van der Waals surface area contributed by atoms with Crippen LogP contribution >= 0.6 is 0 Å². The quantitative estimate of drug-likeness (QED) is 0.546. The van der Waals surface area contributed by atoms with E-state index in [0.717, 1.165) is 12.1 Å². The van der Waals surface area contributed by atoms with Crippen molar-refractivity contribution in [3.8, 4) is 5.75 Å². The predicted octanol–water partition coefficient (Wildman–Crippen LogP) is -0.803. The maximum Gasteiger partial charge on any atom is 1.00 e. The zero-order valence-electron chi connectivity index (χ0n) is 11.0. The fourth-order valence-corrected chi connectivity index (χ4v) is 1.61. The van der Waals surface area contributed by atoms with Gasteiger partial charge in [-0.15, -0.1) is 0 Å². The second kappa shape index (κ2) is 7.08. The van der Waals surface area contributed by atoms with Gasteiger partial charge >= 0.3 is 58.4 Å². The van der Waals surface area contributed by atoms with Gasteiger partial charge in [0, 0.05) is 24.9 Å². The minimum Gasteiger partial charge on any atom is -0.492 e. The van der Waals surface area contributed by atoms with Gasteiger partial charge in [0.2, 0.25) is 0 Å². The predicted molar refractivity (Wildman–Crippen MR) is 62.7 cm³/mol. The number of hydrogen-bond acceptors (Lipinski definition) is 2. The van der Waals surface area contributed by atoms with E-state index in [2.05, 4.69) is 5.10 Å². The number of aromatic nitrogens is 2. The Labute approximate surface area is 155 Å². The van der Waals surface area contributed by atoms with Crippen LogP contribution in [0.4, 0.5) is 17.3 Å². The molecule has 1 heterocycles. The second-order valence-electron chi connectivity index (χ2n) is 4.07. The fourth-order valence-electron chi connectivity index (χ4n) is 1.61. The van der Waals surface area contributed by atoms with Gasteiger partial charge in [-0.2, -0.15) is 5.10 Å². The van der Waals surface area contributed by atoms with E-state index in [1.54, 1.807) is 13.2 Å². The number of nitrogens with zero attached hydrogens (tertiary/aromatic N) is 2. The largest absolute Gasteiger partial charge is 1.00 e. The first kappa shape index (κ1) is 17.7. The number of ether oxygens (including phenoxy) is 1. The van der Waals surface area contributed by atoms with E-state index in [9.17, 15) is 17.3 Å². The molecule has 2 rings (SSSR count). The van der Waals surface area contributed by atoms with Crippen LogP contribution in [0.3, 0.4) is 0 Å². The number of halogens is 4. The molecule has 0 saturated carbocycles. The van der Waals surface area contributed by atoms with Crippen LogP contribution in [0.2, 0.25) is 0 Å². The molecule has 0 amide bonds. The van der Waals surface area contributed by atoms with Crippen LogP contribution in [-0.2, 0) is 13.7 Å². The molecule has 3 nitrogen and oxygen atoms in total. The van der Waals surface area contributed by atoms with Crippen molar-refractivity contribution >= 4 is 12.4 Å². The van der Waals surface area contributed by atoms with Crippen molar-refractivity contribution in [3.63, 3.8) is 0 Å². The van der Waals surface area contributed by atoms with Gasteiger partial charge in [-0.1, -0.05) is 11.5 Å². The summed E-state index contributed by atoms with van der Waals surface area (Å²) < 4.78 is 57.8. The van der Waals surface area contributed by atoms with Crippen LogP contribution in [0.25, 0.3) is 0 Å². The monoisotopic (exact) mass is 312 g/mol. The topological polar surface area (TPSA) is 27.1 Å². The maximum absolute atomic E-state index is 13.0. The summed E-state index contributed by atoms with van der Waals surface area (Å²) in [4.78, 5) is 0. The van der Waals surface area contributed by atoms with E-state index in [-0.39, 0.29) is 58.0 Å². The Balaban J connectivity index is 0.00000200. The minimum atomic E-state index is -5.24. The maximum atomic E-state index is 13.0. The van der Waals surface area contributed by atoms with Crippen molar-refractivity contribution < 1.29 is 73.5 Å². The molecule has 0 saturated heterocycles. The first-order valence-corrected chi connectivity index (χ1v) is 5.46. The van der Waals surface area contributed by atoms with E-state index < -0.39 is 24.0 Å². The summed E-state index contributed by atoms with van der Waals surface area (Å²) in [5, 5.41) is 3.86. The van der Waals surface area contributed by atoms with Crippen molar-refractivity contribution in [2.75, 3.05) is 0 Å². The molecule has 0 unspecified atom stereocenters. The first-order valence-electron chi connectivity index (χ1n) is 5.46. The molecule has 1 aromatic carbocycles. The number of hydrogen-bond donors (Lipinski definition) is 0. The van der Waals surface area contributed by atoms with Gasteiger partial charge in [-0.05, 0) is 6.07 Å². The molecule has 0 radical (unpaired) electrons. The van der Waals surface area contributed by atoms with Crippen LogP contribution in [0.1, 0.15) is 5.56 Å². The molecule has 0 fully saturated rings. The van der Waals surface area contributed by atoms with Crippen LogP contribution in [0.15, 0.2) is 30.6 Å². The second-order valence-corrected chi connectivity index (χ2v) is 4.07. The molecule has 0 aliphatic rings. The van der Waals surface area contributed by atoms with E-state index in [4.69, 9.17) is 4.74 Å². The fraction of sp³-hybridized carbons (Fsp3) is 0.182. The SMILES string of the molecule is Cn1cc(COc2cc(F)ccc2[B-](F)(F)F)cn1.[K+]. The van der Waals surface area contributed by atoms with Gasteiger partial charge in [0.1, 0.15) is 12.4 Å². The van der Waals surface area contributed by atoms with Gasteiger partial charge in [-0.25, -0.2) is 4.39 Å². The molecule has 1 aromatic heterocycles. The van der Waals surface area contributed by atoms with Crippen molar-refractivity contribution in [3.05, 3.63) is 42.0 Å². The third-order valence-corrected chi connectivity index (χ3v) is 2.48. The van der Waals surface area contributed by atoms with Gasteiger partial charge in [-0.3, -0.25) is 4.68 Å². The molecule has 102 valence electrons. The Morgan fingerprint density at radius 2 is 2.00 bits per heavy atom. The zero-order valence-corrected chi connectivity index (χ0v) is 14.1. The Bertz CT molecular complexity index is 588. The summed E-state index contributed by atoms with van der Waals surface area (Å²) in [6, 6.07) is 2.19. The summed E-state index contributed by atoms with van der Waals surface area (Å²) in [5.41, 5.74) is -0.335. The summed E-state index contributed by atoms with van der Waals surface area (Å²) in [7, 11) is 1.68. The molecule has 9 heteroatoms. The van der Waals surface area contributed by atoms with Crippen molar-refractivity contribution in [2.45, 2.75) is 6.61 Å². The summed E-state index contributed by atoms with van der Waals surface area (Å²) >= 11 is 0. The van der Waals surface area contributed by atoms with Crippen molar-refractivity contribution in [1.82, 2.24) is 9.78 Å². The van der Waals surface area contributed by atoms with Gasteiger partial charge in [0.15, 0.2) is 0 Å². The Morgan fingerprint density at radius 3 is 2.55 bits per heavy atom. The molecule has 0 aliphatic heterocycles. The zero-order chi connectivity index (χ0) is 14.0. The number of aryl methyl sites for hydroxylation is 1. The molecular formula is C11H10BF4KN2O. The molecule has 0 atom stereocenters. The molecule has 2 aromatic rings. The summed E-state index contributed by atoms with van der Waals surface area (Å²) in [5.74, 6) is -1.28. The van der Waals surface area contributed by atoms with Crippen molar-refractivity contribution in [2.24, 2.45) is 7.05 Å². The van der Waals surface area contributed by atoms with Crippen LogP contribution in [0, 0.1) is 5.82 Å². The molecule has 20 heavy (non-hydrogen) atoms. The molecule has 0 aliphatic carbocycles. The average Bonchev–Trinajstić information content (AvgIpc) is 2.71. The third kappa shape index (κ3) is 4.59. The molecule has 0 bridgehead atoms. The molecule has 0 N–H and O–H groups in total. The third-order valence-electron chi connectivity index (χ3n) is 2.48. The summed E-state index contributed by atoms with van der Waals surface area (Å²) in [6.07, 6.45) is 3.08. The van der Waals surface area contributed by atoms with Crippen molar-refractivity contribution in [1.29, 1.82) is 0 Å². The number of rotatable bonds is 4. The van der Waals surface area contributed by atoms with E-state index >= 15 is 0 Å². The molecule has 0 spiro atoms. The van der Waals surface area contributed by atoms with E-state index in [1.165, 1.54) is 10.9 Å².